The van der Waals surface area contributed by atoms with Crippen LogP contribution in [0.5, 0.6) is 11.5 Å². The van der Waals surface area contributed by atoms with Crippen molar-refractivity contribution in [3.63, 3.8) is 0 Å². The fourth-order valence-corrected chi connectivity index (χ4v) is 3.81. The lowest BCUT2D eigenvalue weighted by Gasteiger charge is -2.15. The van der Waals surface area contributed by atoms with E-state index in [1.54, 1.807) is 0 Å². The number of amides is 2. The Morgan fingerprint density at radius 3 is 2.50 bits per heavy atom. The molecule has 0 spiro atoms. The first-order valence-corrected chi connectivity index (χ1v) is 9.47. The summed E-state index contributed by atoms with van der Waals surface area (Å²) in [6.07, 6.45) is 0.474. The zero-order valence-corrected chi connectivity index (χ0v) is 15.4. The van der Waals surface area contributed by atoms with Gasteiger partial charge in [0.05, 0.1) is 18.4 Å². The lowest BCUT2D eigenvalue weighted by molar-refractivity contribution is -0.126. The number of rotatable bonds is 8. The third kappa shape index (κ3) is 4.38. The SMILES string of the molecule is CCOc1ccccc1C[C@H]1SC(=O)N(CCOc2ccccc2)C1=O. The number of hydrogen-bond acceptors (Lipinski definition) is 5. The van der Waals surface area contributed by atoms with Crippen LogP contribution < -0.4 is 9.47 Å². The maximum absolute atomic E-state index is 12.6. The molecule has 1 heterocycles. The summed E-state index contributed by atoms with van der Waals surface area (Å²) in [6, 6.07) is 17.0. The van der Waals surface area contributed by atoms with E-state index in [2.05, 4.69) is 0 Å². The number of hydrogen-bond donors (Lipinski definition) is 0. The molecule has 1 atom stereocenters. The average molecular weight is 371 g/mol. The molecule has 0 aromatic heterocycles. The third-order valence-corrected chi connectivity index (χ3v) is 5.08. The van der Waals surface area contributed by atoms with Crippen molar-refractivity contribution in [2.24, 2.45) is 0 Å². The first-order valence-electron chi connectivity index (χ1n) is 8.59. The highest BCUT2D eigenvalue weighted by Gasteiger charge is 2.39. The standard InChI is InChI=1S/C20H21NO4S/c1-2-24-17-11-7-6-8-15(17)14-18-19(22)21(20(23)26-18)12-13-25-16-9-4-3-5-10-16/h3-11,18H,2,12-14H2,1H3/t18-/m1/s1. The van der Waals surface area contributed by atoms with Gasteiger partial charge in [-0.15, -0.1) is 0 Å². The summed E-state index contributed by atoms with van der Waals surface area (Å²) in [5, 5.41) is -0.633. The molecule has 2 aromatic carbocycles. The van der Waals surface area contributed by atoms with Gasteiger partial charge in [-0.2, -0.15) is 0 Å². The first-order chi connectivity index (χ1) is 12.7. The summed E-state index contributed by atoms with van der Waals surface area (Å²) in [4.78, 5) is 26.1. The van der Waals surface area contributed by atoms with Crippen LogP contribution >= 0.6 is 11.8 Å². The van der Waals surface area contributed by atoms with E-state index in [1.165, 1.54) is 4.90 Å². The second kappa shape index (κ2) is 8.76. The van der Waals surface area contributed by atoms with Crippen LogP contribution in [0.25, 0.3) is 0 Å². The Balaban J connectivity index is 1.58. The van der Waals surface area contributed by atoms with E-state index >= 15 is 0 Å². The molecular weight excluding hydrogens is 350 g/mol. The van der Waals surface area contributed by atoms with Crippen LogP contribution in [0.2, 0.25) is 0 Å². The van der Waals surface area contributed by atoms with Crippen molar-refractivity contribution >= 4 is 22.9 Å². The predicted octanol–water partition coefficient (Wildman–Crippen LogP) is 3.77. The molecule has 6 heteroatoms. The zero-order chi connectivity index (χ0) is 18.4. The second-order valence-electron chi connectivity index (χ2n) is 5.77. The lowest BCUT2D eigenvalue weighted by Crippen LogP contribution is -2.35. The van der Waals surface area contributed by atoms with Crippen LogP contribution in [0, 0.1) is 0 Å². The number of imide groups is 1. The molecule has 0 saturated carbocycles. The van der Waals surface area contributed by atoms with Crippen LogP contribution in [0.15, 0.2) is 54.6 Å². The molecule has 0 radical (unpaired) electrons. The number of thioether (sulfide) groups is 1. The second-order valence-corrected chi connectivity index (χ2v) is 6.92. The maximum Gasteiger partial charge on any atom is 0.289 e. The molecule has 1 fully saturated rings. The van der Waals surface area contributed by atoms with E-state index < -0.39 is 5.25 Å². The van der Waals surface area contributed by atoms with Gasteiger partial charge in [0.25, 0.3) is 5.24 Å². The van der Waals surface area contributed by atoms with Crippen LogP contribution in [-0.4, -0.2) is 41.1 Å². The van der Waals surface area contributed by atoms with Gasteiger partial charge >= 0.3 is 0 Å². The summed E-state index contributed by atoms with van der Waals surface area (Å²) >= 11 is 1.08. The fourth-order valence-electron chi connectivity index (χ4n) is 2.77. The van der Waals surface area contributed by atoms with E-state index in [-0.39, 0.29) is 24.3 Å². The minimum atomic E-state index is -0.416. The van der Waals surface area contributed by atoms with Crippen molar-refractivity contribution in [3.8, 4) is 11.5 Å². The molecule has 1 aliphatic rings. The molecule has 136 valence electrons. The van der Waals surface area contributed by atoms with Gasteiger partial charge in [0.15, 0.2) is 0 Å². The van der Waals surface area contributed by atoms with Gasteiger partial charge in [-0.3, -0.25) is 14.5 Å². The minimum absolute atomic E-state index is 0.164. The molecule has 26 heavy (non-hydrogen) atoms. The van der Waals surface area contributed by atoms with Crippen molar-refractivity contribution < 1.29 is 19.1 Å². The molecule has 0 aliphatic carbocycles. The van der Waals surface area contributed by atoms with Crippen molar-refractivity contribution in [2.75, 3.05) is 19.8 Å². The molecule has 0 unspecified atom stereocenters. The smallest absolute Gasteiger partial charge is 0.289 e. The summed E-state index contributed by atoms with van der Waals surface area (Å²) in [7, 11) is 0. The summed E-state index contributed by atoms with van der Waals surface area (Å²) in [5.41, 5.74) is 0.940. The van der Waals surface area contributed by atoms with E-state index in [4.69, 9.17) is 9.47 Å². The topological polar surface area (TPSA) is 55.8 Å². The molecule has 1 saturated heterocycles. The third-order valence-electron chi connectivity index (χ3n) is 4.01. The Morgan fingerprint density at radius 2 is 1.73 bits per heavy atom. The Kier molecular flexibility index (Phi) is 6.17. The maximum atomic E-state index is 12.6. The van der Waals surface area contributed by atoms with Gasteiger partial charge in [0.2, 0.25) is 5.91 Å². The molecule has 0 bridgehead atoms. The molecule has 3 rings (SSSR count). The van der Waals surface area contributed by atoms with E-state index in [0.717, 1.165) is 28.8 Å². The normalized spacial score (nSPS) is 16.8. The number of carbonyl (C=O) groups excluding carboxylic acids is 2. The number of benzene rings is 2. The first kappa shape index (κ1) is 18.3. The van der Waals surface area contributed by atoms with Crippen molar-refractivity contribution in [1.82, 2.24) is 4.90 Å². The Bertz CT molecular complexity index is 765. The van der Waals surface area contributed by atoms with Gasteiger partial charge in [-0.1, -0.05) is 48.2 Å². The highest BCUT2D eigenvalue weighted by Crippen LogP contribution is 2.31. The number of ether oxygens (including phenoxy) is 2. The molecule has 5 nitrogen and oxygen atoms in total. The summed E-state index contributed by atoms with van der Waals surface area (Å²) in [5.74, 6) is 1.33. The van der Waals surface area contributed by atoms with Crippen molar-refractivity contribution in [2.45, 2.75) is 18.6 Å². The monoisotopic (exact) mass is 371 g/mol. The van der Waals surface area contributed by atoms with E-state index in [1.807, 2.05) is 61.5 Å². The molecular formula is C20H21NO4S. The van der Waals surface area contributed by atoms with Crippen LogP contribution in [0.4, 0.5) is 4.79 Å². The lowest BCUT2D eigenvalue weighted by atomic mass is 10.1. The van der Waals surface area contributed by atoms with Crippen molar-refractivity contribution in [3.05, 3.63) is 60.2 Å². The molecule has 1 aliphatic heterocycles. The van der Waals surface area contributed by atoms with Gasteiger partial charge in [0, 0.05) is 0 Å². The molecule has 0 N–H and O–H groups in total. The minimum Gasteiger partial charge on any atom is -0.494 e. The Labute approximate surface area is 157 Å². The van der Waals surface area contributed by atoms with Gasteiger partial charge < -0.3 is 9.47 Å². The highest BCUT2D eigenvalue weighted by molar-refractivity contribution is 8.15. The van der Waals surface area contributed by atoms with Crippen LogP contribution in [0.3, 0.4) is 0 Å². The average Bonchev–Trinajstić information content (AvgIpc) is 2.92. The van der Waals surface area contributed by atoms with Gasteiger partial charge in [-0.05, 0) is 37.1 Å². The summed E-state index contributed by atoms with van der Waals surface area (Å²) < 4.78 is 11.2. The highest BCUT2D eigenvalue weighted by atomic mass is 32.2. The largest absolute Gasteiger partial charge is 0.494 e. The van der Waals surface area contributed by atoms with Crippen molar-refractivity contribution in [1.29, 1.82) is 0 Å². The molecule has 2 amide bonds. The van der Waals surface area contributed by atoms with Crippen LogP contribution in [-0.2, 0) is 11.2 Å². The molecule has 2 aromatic rings. The summed E-state index contributed by atoms with van der Waals surface area (Å²) in [6.45, 7) is 3.02. The Morgan fingerprint density at radius 1 is 1.00 bits per heavy atom. The van der Waals surface area contributed by atoms with Gasteiger partial charge in [0.1, 0.15) is 18.1 Å². The number of nitrogens with zero attached hydrogens (tertiary/aromatic N) is 1. The zero-order valence-electron chi connectivity index (χ0n) is 14.6. The van der Waals surface area contributed by atoms with E-state index in [9.17, 15) is 9.59 Å². The van der Waals surface area contributed by atoms with Crippen LogP contribution in [0.1, 0.15) is 12.5 Å². The quantitative estimate of drug-likeness (QED) is 0.707. The van der Waals surface area contributed by atoms with Gasteiger partial charge in [-0.25, -0.2) is 0 Å². The number of para-hydroxylation sites is 2. The number of carbonyl (C=O) groups is 2. The predicted molar refractivity (Wildman–Crippen MR) is 102 cm³/mol. The Hall–Kier alpha value is -2.47. The van der Waals surface area contributed by atoms with E-state index in [0.29, 0.717) is 13.0 Å². The fraction of sp³-hybridized carbons (Fsp3) is 0.300.